The Labute approximate surface area is 159 Å². The van der Waals surface area contributed by atoms with Crippen LogP contribution in [0.25, 0.3) is 0 Å². The Morgan fingerprint density at radius 2 is 2.19 bits per heavy atom. The summed E-state index contributed by atoms with van der Waals surface area (Å²) < 4.78 is 5.70. The molecule has 2 amide bonds. The maximum atomic E-state index is 12.5. The quantitative estimate of drug-likeness (QED) is 0.794. The van der Waals surface area contributed by atoms with Gasteiger partial charge in [-0.25, -0.2) is 0 Å². The predicted molar refractivity (Wildman–Crippen MR) is 101 cm³/mol. The lowest BCUT2D eigenvalue weighted by molar-refractivity contribution is -0.133. The van der Waals surface area contributed by atoms with Crippen LogP contribution in [0.15, 0.2) is 16.8 Å². The van der Waals surface area contributed by atoms with E-state index in [0.29, 0.717) is 12.8 Å². The van der Waals surface area contributed by atoms with E-state index in [1.165, 1.54) is 5.56 Å². The van der Waals surface area contributed by atoms with Gasteiger partial charge in [0.15, 0.2) is 0 Å². The van der Waals surface area contributed by atoms with Crippen molar-refractivity contribution in [1.29, 1.82) is 0 Å². The molecule has 3 fully saturated rings. The second-order valence-electron chi connectivity index (χ2n) is 8.10. The third-order valence-corrected chi connectivity index (χ3v) is 6.97. The summed E-state index contributed by atoms with van der Waals surface area (Å²) >= 11 is 1.68. The SMILES string of the molecule is O=C(CCc1ccsc1)N1CCC2(CC1)CC(=O)N(C[C@H]1CCCO1)C2. The molecule has 1 aromatic rings. The van der Waals surface area contributed by atoms with Crippen LogP contribution in [-0.2, 0) is 20.7 Å². The number of thiophene rings is 1. The van der Waals surface area contributed by atoms with Gasteiger partial charge in [0.05, 0.1) is 6.10 Å². The molecule has 0 bridgehead atoms. The van der Waals surface area contributed by atoms with Crippen LogP contribution in [0.1, 0.15) is 44.1 Å². The molecule has 6 heteroatoms. The second-order valence-corrected chi connectivity index (χ2v) is 8.88. The molecule has 0 saturated carbocycles. The Hall–Kier alpha value is -1.40. The van der Waals surface area contributed by atoms with Crippen LogP contribution in [0.5, 0.6) is 0 Å². The van der Waals surface area contributed by atoms with Crippen molar-refractivity contribution in [1.82, 2.24) is 9.80 Å². The van der Waals surface area contributed by atoms with Crippen LogP contribution < -0.4 is 0 Å². The summed E-state index contributed by atoms with van der Waals surface area (Å²) in [5, 5.41) is 4.18. The van der Waals surface area contributed by atoms with Crippen LogP contribution in [0, 0.1) is 5.41 Å². The van der Waals surface area contributed by atoms with E-state index in [1.807, 2.05) is 9.80 Å². The van der Waals surface area contributed by atoms with E-state index < -0.39 is 0 Å². The number of ether oxygens (including phenoxy) is 1. The van der Waals surface area contributed by atoms with Crippen molar-refractivity contribution in [2.45, 2.75) is 51.0 Å². The number of carbonyl (C=O) groups is 2. The summed E-state index contributed by atoms with van der Waals surface area (Å²) in [4.78, 5) is 29.0. The standard InChI is InChI=1S/C20H28N2O3S/c23-18(4-3-16-5-11-26-14-16)21-8-6-20(7-9-21)12-19(24)22(15-20)13-17-2-1-10-25-17/h5,11,14,17H,1-4,6-10,12-13,15H2/t17-/m1/s1. The highest BCUT2D eigenvalue weighted by atomic mass is 32.1. The van der Waals surface area contributed by atoms with Crippen molar-refractivity contribution >= 4 is 23.2 Å². The molecular weight excluding hydrogens is 348 g/mol. The Kier molecular flexibility index (Phi) is 5.32. The van der Waals surface area contributed by atoms with Crippen molar-refractivity contribution in [3.05, 3.63) is 22.4 Å². The van der Waals surface area contributed by atoms with Crippen LogP contribution in [0.4, 0.5) is 0 Å². The van der Waals surface area contributed by atoms with Crippen molar-refractivity contribution in [2.24, 2.45) is 5.41 Å². The summed E-state index contributed by atoms with van der Waals surface area (Å²) in [6, 6.07) is 2.09. The zero-order chi connectivity index (χ0) is 18.0. The van der Waals surface area contributed by atoms with Gasteiger partial charge < -0.3 is 14.5 Å². The zero-order valence-electron chi connectivity index (χ0n) is 15.3. The largest absolute Gasteiger partial charge is 0.376 e. The first-order valence-corrected chi connectivity index (χ1v) is 10.8. The van der Waals surface area contributed by atoms with Gasteiger partial charge in [-0.05, 0) is 54.5 Å². The number of rotatable bonds is 5. The van der Waals surface area contributed by atoms with Gasteiger partial charge in [-0.3, -0.25) is 9.59 Å². The third kappa shape index (κ3) is 3.96. The van der Waals surface area contributed by atoms with Crippen LogP contribution in [0.2, 0.25) is 0 Å². The lowest BCUT2D eigenvalue weighted by Gasteiger charge is -2.39. The molecule has 0 unspecified atom stereocenters. The molecule has 1 atom stereocenters. The smallest absolute Gasteiger partial charge is 0.223 e. The fourth-order valence-corrected chi connectivity index (χ4v) is 5.29. The predicted octanol–water partition coefficient (Wildman–Crippen LogP) is 2.70. The first kappa shape index (κ1) is 18.0. The number of carbonyl (C=O) groups excluding carboxylic acids is 2. The van der Waals surface area contributed by atoms with Gasteiger partial charge >= 0.3 is 0 Å². The average Bonchev–Trinajstić information content (AvgIpc) is 3.37. The summed E-state index contributed by atoms with van der Waals surface area (Å²) in [7, 11) is 0. The van der Waals surface area contributed by atoms with Gasteiger partial charge in [-0.15, -0.1) is 0 Å². The molecule has 4 rings (SSSR count). The number of likely N-dealkylation sites (tertiary alicyclic amines) is 2. The zero-order valence-corrected chi connectivity index (χ0v) is 16.1. The number of hydrogen-bond acceptors (Lipinski definition) is 4. The lowest BCUT2D eigenvalue weighted by atomic mass is 9.77. The minimum Gasteiger partial charge on any atom is -0.376 e. The van der Waals surface area contributed by atoms with Gasteiger partial charge in [-0.2, -0.15) is 11.3 Å². The van der Waals surface area contributed by atoms with Gasteiger partial charge in [-0.1, -0.05) is 0 Å². The fourth-order valence-electron chi connectivity index (χ4n) is 4.59. The van der Waals surface area contributed by atoms with Crippen LogP contribution in [0.3, 0.4) is 0 Å². The molecule has 0 N–H and O–H groups in total. The summed E-state index contributed by atoms with van der Waals surface area (Å²) in [5.41, 5.74) is 1.34. The molecule has 5 nitrogen and oxygen atoms in total. The van der Waals surface area contributed by atoms with Crippen LogP contribution in [-0.4, -0.2) is 60.5 Å². The molecular formula is C20H28N2O3S. The molecule has 0 aliphatic carbocycles. The normalized spacial score (nSPS) is 25.4. The molecule has 1 aromatic heterocycles. The highest BCUT2D eigenvalue weighted by Crippen LogP contribution is 2.41. The number of hydrogen-bond donors (Lipinski definition) is 0. The van der Waals surface area contributed by atoms with E-state index in [1.54, 1.807) is 11.3 Å². The highest BCUT2D eigenvalue weighted by Gasteiger charge is 2.45. The maximum Gasteiger partial charge on any atom is 0.223 e. The van der Waals surface area contributed by atoms with E-state index in [-0.39, 0.29) is 23.3 Å². The fraction of sp³-hybridized carbons (Fsp3) is 0.700. The molecule has 4 heterocycles. The van der Waals surface area contributed by atoms with E-state index in [2.05, 4.69) is 16.8 Å². The Balaban J connectivity index is 1.26. The van der Waals surface area contributed by atoms with E-state index in [0.717, 1.165) is 64.9 Å². The molecule has 3 aliphatic heterocycles. The monoisotopic (exact) mass is 376 g/mol. The summed E-state index contributed by atoms with van der Waals surface area (Å²) in [5.74, 6) is 0.532. The van der Waals surface area contributed by atoms with E-state index >= 15 is 0 Å². The second kappa shape index (κ2) is 7.69. The van der Waals surface area contributed by atoms with Gasteiger partial charge in [0, 0.05) is 51.0 Å². The van der Waals surface area contributed by atoms with Crippen molar-refractivity contribution in [3.8, 4) is 0 Å². The molecule has 142 valence electrons. The third-order valence-electron chi connectivity index (χ3n) is 6.24. The van der Waals surface area contributed by atoms with Crippen molar-refractivity contribution < 1.29 is 14.3 Å². The van der Waals surface area contributed by atoms with Gasteiger partial charge in [0.2, 0.25) is 11.8 Å². The minimum absolute atomic E-state index is 0.0832. The van der Waals surface area contributed by atoms with Gasteiger partial charge in [0.1, 0.15) is 0 Å². The van der Waals surface area contributed by atoms with Crippen LogP contribution >= 0.6 is 11.3 Å². The molecule has 0 radical (unpaired) electrons. The number of nitrogens with zero attached hydrogens (tertiary/aromatic N) is 2. The Morgan fingerprint density at radius 1 is 1.35 bits per heavy atom. The Morgan fingerprint density at radius 3 is 2.88 bits per heavy atom. The lowest BCUT2D eigenvalue weighted by Crippen LogP contribution is -2.44. The average molecular weight is 377 g/mol. The highest BCUT2D eigenvalue weighted by molar-refractivity contribution is 7.07. The number of amides is 2. The topological polar surface area (TPSA) is 49.9 Å². The van der Waals surface area contributed by atoms with Gasteiger partial charge in [0.25, 0.3) is 0 Å². The summed E-state index contributed by atoms with van der Waals surface area (Å²) in [6.07, 6.45) is 6.38. The van der Waals surface area contributed by atoms with Crippen molar-refractivity contribution in [2.75, 3.05) is 32.8 Å². The van der Waals surface area contributed by atoms with E-state index in [9.17, 15) is 9.59 Å². The van der Waals surface area contributed by atoms with Crippen molar-refractivity contribution in [3.63, 3.8) is 0 Å². The molecule has 3 saturated heterocycles. The molecule has 1 spiro atoms. The first-order valence-electron chi connectivity index (χ1n) is 9.82. The Bertz CT molecular complexity index is 631. The number of aryl methyl sites for hydroxylation is 1. The molecule has 26 heavy (non-hydrogen) atoms. The van der Waals surface area contributed by atoms with E-state index in [4.69, 9.17) is 4.74 Å². The maximum absolute atomic E-state index is 12.5. The molecule has 3 aliphatic rings. The first-order chi connectivity index (χ1) is 12.6. The summed E-state index contributed by atoms with van der Waals surface area (Å²) in [6.45, 7) is 4.03. The minimum atomic E-state index is 0.0832. The molecule has 0 aromatic carbocycles. The number of piperidine rings is 1.